The number of anilines is 1. The van der Waals surface area contributed by atoms with E-state index in [1.54, 1.807) is 0 Å². The van der Waals surface area contributed by atoms with Gasteiger partial charge in [-0.3, -0.25) is 0 Å². The van der Waals surface area contributed by atoms with E-state index in [2.05, 4.69) is 16.2 Å². The van der Waals surface area contributed by atoms with Crippen molar-refractivity contribution in [2.24, 2.45) is 0 Å². The van der Waals surface area contributed by atoms with Crippen LogP contribution in [-0.2, 0) is 6.18 Å². The van der Waals surface area contributed by atoms with Crippen LogP contribution in [0.15, 0.2) is 18.3 Å². The predicted octanol–water partition coefficient (Wildman–Crippen LogP) is 2.15. The fourth-order valence-electron chi connectivity index (χ4n) is 0.808. The van der Waals surface area contributed by atoms with Gasteiger partial charge in [0, 0.05) is 6.20 Å². The third kappa shape index (κ3) is 2.66. The summed E-state index contributed by atoms with van der Waals surface area (Å²) < 4.78 is 36.2. The van der Waals surface area contributed by atoms with Crippen LogP contribution < -0.4 is 5.32 Å². The third-order valence-corrected chi connectivity index (χ3v) is 1.46. The van der Waals surface area contributed by atoms with Gasteiger partial charge in [-0.05, 0) is 12.1 Å². The number of pyridine rings is 1. The summed E-state index contributed by atoms with van der Waals surface area (Å²) in [6.45, 7) is 0.234. The van der Waals surface area contributed by atoms with Crippen molar-refractivity contribution in [3.63, 3.8) is 0 Å². The van der Waals surface area contributed by atoms with Crippen LogP contribution in [0.3, 0.4) is 0 Å². The van der Waals surface area contributed by atoms with Gasteiger partial charge in [-0.2, -0.15) is 13.2 Å². The molecule has 0 aliphatic rings. The van der Waals surface area contributed by atoms with Crippen molar-refractivity contribution < 1.29 is 13.2 Å². The third-order valence-electron chi connectivity index (χ3n) is 1.46. The van der Waals surface area contributed by atoms with E-state index in [-0.39, 0.29) is 6.54 Å². The summed E-state index contributed by atoms with van der Waals surface area (Å²) in [5.74, 6) is 2.62. The lowest BCUT2D eigenvalue weighted by molar-refractivity contribution is -0.137. The molecule has 0 spiro atoms. The van der Waals surface area contributed by atoms with Crippen LogP contribution in [0.2, 0.25) is 0 Å². The van der Waals surface area contributed by atoms with Crippen LogP contribution in [0.4, 0.5) is 19.0 Å². The van der Waals surface area contributed by atoms with Crippen molar-refractivity contribution in [2.75, 3.05) is 11.9 Å². The number of terminal acetylenes is 1. The first-order valence-electron chi connectivity index (χ1n) is 3.74. The summed E-state index contributed by atoms with van der Waals surface area (Å²) in [5, 5.41) is 2.66. The van der Waals surface area contributed by atoms with E-state index in [4.69, 9.17) is 6.42 Å². The second-order valence-corrected chi connectivity index (χ2v) is 2.49. The van der Waals surface area contributed by atoms with Gasteiger partial charge in [0.1, 0.15) is 5.82 Å². The van der Waals surface area contributed by atoms with Gasteiger partial charge in [0.25, 0.3) is 0 Å². The Labute approximate surface area is 79.2 Å². The largest absolute Gasteiger partial charge is 0.417 e. The van der Waals surface area contributed by atoms with Gasteiger partial charge in [-0.1, -0.05) is 5.92 Å². The lowest BCUT2D eigenvalue weighted by atomic mass is 10.3. The summed E-state index contributed by atoms with van der Waals surface area (Å²) in [6.07, 6.45) is 1.37. The Kier molecular flexibility index (Phi) is 2.97. The molecule has 74 valence electrons. The normalized spacial score (nSPS) is 10.7. The molecule has 0 atom stereocenters. The standard InChI is InChI=1S/C9H7F3N2/c1-2-5-13-8-4-3-7(6-14-8)9(10,11)12/h1,3-4,6H,5H2,(H,13,14). The van der Waals surface area contributed by atoms with E-state index >= 15 is 0 Å². The molecule has 0 aromatic carbocycles. The Morgan fingerprint density at radius 3 is 2.57 bits per heavy atom. The number of nitrogens with one attached hydrogen (secondary N) is 1. The molecule has 1 aromatic heterocycles. The maximum absolute atomic E-state index is 12.1. The second kappa shape index (κ2) is 4.01. The average Bonchev–Trinajstić information content (AvgIpc) is 2.14. The minimum Gasteiger partial charge on any atom is -0.359 e. The maximum atomic E-state index is 12.1. The van der Waals surface area contributed by atoms with Crippen molar-refractivity contribution in [1.82, 2.24) is 4.98 Å². The van der Waals surface area contributed by atoms with Gasteiger partial charge in [-0.15, -0.1) is 6.42 Å². The highest BCUT2D eigenvalue weighted by Crippen LogP contribution is 2.28. The Hall–Kier alpha value is -1.70. The number of rotatable bonds is 2. The van der Waals surface area contributed by atoms with E-state index in [1.807, 2.05) is 0 Å². The van der Waals surface area contributed by atoms with Crippen LogP contribution in [0.25, 0.3) is 0 Å². The van der Waals surface area contributed by atoms with Crippen molar-refractivity contribution in [3.8, 4) is 12.3 Å². The van der Waals surface area contributed by atoms with Crippen LogP contribution in [0.5, 0.6) is 0 Å². The van der Waals surface area contributed by atoms with Gasteiger partial charge in [-0.25, -0.2) is 4.98 Å². The van der Waals surface area contributed by atoms with Crippen LogP contribution in [-0.4, -0.2) is 11.5 Å². The zero-order valence-corrected chi connectivity index (χ0v) is 7.10. The molecule has 0 aliphatic heterocycles. The molecule has 1 aromatic rings. The van der Waals surface area contributed by atoms with Crippen molar-refractivity contribution >= 4 is 5.82 Å². The number of halogens is 3. The van der Waals surface area contributed by atoms with Gasteiger partial charge in [0.2, 0.25) is 0 Å². The Bertz CT molecular complexity index is 335. The van der Waals surface area contributed by atoms with E-state index < -0.39 is 11.7 Å². The summed E-state index contributed by atoms with van der Waals surface area (Å²) in [6, 6.07) is 2.19. The van der Waals surface area contributed by atoms with Crippen LogP contribution in [0, 0.1) is 12.3 Å². The first-order chi connectivity index (χ1) is 6.54. The first kappa shape index (κ1) is 10.4. The van der Waals surface area contributed by atoms with Crippen molar-refractivity contribution in [3.05, 3.63) is 23.9 Å². The lowest BCUT2D eigenvalue weighted by Crippen LogP contribution is -2.07. The lowest BCUT2D eigenvalue weighted by Gasteiger charge is -2.06. The molecule has 0 saturated carbocycles. The number of aromatic nitrogens is 1. The molecule has 1 rings (SSSR count). The fourth-order valence-corrected chi connectivity index (χ4v) is 0.808. The number of hydrogen-bond donors (Lipinski definition) is 1. The molecule has 0 fully saturated rings. The van der Waals surface area contributed by atoms with E-state index in [9.17, 15) is 13.2 Å². The van der Waals surface area contributed by atoms with Crippen LogP contribution >= 0.6 is 0 Å². The molecule has 0 saturated heterocycles. The van der Waals surface area contributed by atoms with Gasteiger partial charge < -0.3 is 5.32 Å². The monoisotopic (exact) mass is 200 g/mol. The predicted molar refractivity (Wildman–Crippen MR) is 46.6 cm³/mol. The summed E-state index contributed by atoms with van der Waals surface area (Å²) in [7, 11) is 0. The maximum Gasteiger partial charge on any atom is 0.417 e. The fraction of sp³-hybridized carbons (Fsp3) is 0.222. The zero-order chi connectivity index (χ0) is 10.6. The molecule has 0 aliphatic carbocycles. The second-order valence-electron chi connectivity index (χ2n) is 2.49. The molecule has 0 amide bonds. The zero-order valence-electron chi connectivity index (χ0n) is 7.10. The Balaban J connectivity index is 2.75. The Morgan fingerprint density at radius 1 is 1.43 bits per heavy atom. The highest BCUT2D eigenvalue weighted by molar-refractivity contribution is 5.37. The van der Waals surface area contributed by atoms with Gasteiger partial charge >= 0.3 is 6.18 Å². The SMILES string of the molecule is C#CCNc1ccc(C(F)(F)F)cn1. The number of hydrogen-bond acceptors (Lipinski definition) is 2. The minimum absolute atomic E-state index is 0.234. The molecular formula is C9H7F3N2. The Morgan fingerprint density at radius 2 is 2.14 bits per heavy atom. The van der Waals surface area contributed by atoms with E-state index in [0.29, 0.717) is 5.82 Å². The summed E-state index contributed by atoms with van der Waals surface area (Å²) in [5.41, 5.74) is -0.774. The van der Waals surface area contributed by atoms with Crippen molar-refractivity contribution in [2.45, 2.75) is 6.18 Å². The number of nitrogens with zero attached hydrogens (tertiary/aromatic N) is 1. The summed E-state index contributed by atoms with van der Waals surface area (Å²) >= 11 is 0. The highest BCUT2D eigenvalue weighted by Gasteiger charge is 2.30. The van der Waals surface area contributed by atoms with Gasteiger partial charge in [0.15, 0.2) is 0 Å². The number of alkyl halides is 3. The van der Waals surface area contributed by atoms with Crippen molar-refractivity contribution in [1.29, 1.82) is 0 Å². The average molecular weight is 200 g/mol. The molecule has 14 heavy (non-hydrogen) atoms. The molecule has 0 unspecified atom stereocenters. The van der Waals surface area contributed by atoms with Gasteiger partial charge in [0.05, 0.1) is 12.1 Å². The molecule has 0 bridgehead atoms. The highest BCUT2D eigenvalue weighted by atomic mass is 19.4. The molecule has 0 radical (unpaired) electrons. The van der Waals surface area contributed by atoms with E-state index in [1.165, 1.54) is 6.07 Å². The topological polar surface area (TPSA) is 24.9 Å². The molecular weight excluding hydrogens is 193 g/mol. The smallest absolute Gasteiger partial charge is 0.359 e. The molecule has 1 N–H and O–H groups in total. The summed E-state index contributed by atoms with van der Waals surface area (Å²) in [4.78, 5) is 3.56. The minimum atomic E-state index is -4.35. The van der Waals surface area contributed by atoms with E-state index in [0.717, 1.165) is 12.3 Å². The quantitative estimate of drug-likeness (QED) is 0.740. The first-order valence-corrected chi connectivity index (χ1v) is 3.74. The molecule has 1 heterocycles. The molecule has 5 heteroatoms. The molecule has 2 nitrogen and oxygen atoms in total. The van der Waals surface area contributed by atoms with Crippen LogP contribution in [0.1, 0.15) is 5.56 Å².